The van der Waals surface area contributed by atoms with Crippen LogP contribution in [0.25, 0.3) is 11.4 Å². The summed E-state index contributed by atoms with van der Waals surface area (Å²) < 4.78 is 1.93. The first-order valence-electron chi connectivity index (χ1n) is 6.00. The Bertz CT molecular complexity index is 476. The summed E-state index contributed by atoms with van der Waals surface area (Å²) in [6.07, 6.45) is 4.09. The van der Waals surface area contributed by atoms with Crippen LogP contribution in [0.4, 0.5) is 5.69 Å². The molecule has 90 valence electrons. The van der Waals surface area contributed by atoms with Gasteiger partial charge in [-0.25, -0.2) is 0 Å². The zero-order chi connectivity index (χ0) is 12.1. The standard InChI is InChI=1S/C13H18N4/c1-3-4-9-14-12-8-6-5-7-11(12)13-16-15-10-17(13)2/h5-8,10,14H,3-4,9H2,1-2H3. The molecule has 0 atom stereocenters. The average Bonchev–Trinajstić information content (AvgIpc) is 2.76. The Kier molecular flexibility index (Phi) is 3.75. The molecule has 0 saturated heterocycles. The van der Waals surface area contributed by atoms with Crippen molar-refractivity contribution in [2.75, 3.05) is 11.9 Å². The van der Waals surface area contributed by atoms with Gasteiger partial charge < -0.3 is 9.88 Å². The molecule has 0 amide bonds. The van der Waals surface area contributed by atoms with Gasteiger partial charge in [0, 0.05) is 24.8 Å². The van der Waals surface area contributed by atoms with Crippen LogP contribution in [0, 0.1) is 0 Å². The second-order valence-corrected chi connectivity index (χ2v) is 4.09. The highest BCUT2D eigenvalue weighted by molar-refractivity contribution is 5.73. The van der Waals surface area contributed by atoms with Gasteiger partial charge in [0.15, 0.2) is 5.82 Å². The fourth-order valence-electron chi connectivity index (χ4n) is 1.76. The van der Waals surface area contributed by atoms with Crippen LogP contribution in [0.2, 0.25) is 0 Å². The molecule has 0 unspecified atom stereocenters. The lowest BCUT2D eigenvalue weighted by Gasteiger charge is -2.10. The topological polar surface area (TPSA) is 42.7 Å². The second-order valence-electron chi connectivity index (χ2n) is 4.09. The summed E-state index contributed by atoms with van der Waals surface area (Å²) in [6, 6.07) is 8.21. The van der Waals surface area contributed by atoms with E-state index in [-0.39, 0.29) is 0 Å². The van der Waals surface area contributed by atoms with Gasteiger partial charge in [-0.2, -0.15) is 0 Å². The molecule has 4 nitrogen and oxygen atoms in total. The van der Waals surface area contributed by atoms with Gasteiger partial charge in [0.25, 0.3) is 0 Å². The quantitative estimate of drug-likeness (QED) is 0.803. The summed E-state index contributed by atoms with van der Waals surface area (Å²) in [4.78, 5) is 0. The van der Waals surface area contributed by atoms with Crippen molar-refractivity contribution >= 4 is 5.69 Å². The summed E-state index contributed by atoms with van der Waals surface area (Å²) >= 11 is 0. The van der Waals surface area contributed by atoms with E-state index in [2.05, 4.69) is 34.6 Å². The maximum atomic E-state index is 4.15. The highest BCUT2D eigenvalue weighted by Gasteiger charge is 2.08. The van der Waals surface area contributed by atoms with Crippen LogP contribution in [-0.2, 0) is 7.05 Å². The van der Waals surface area contributed by atoms with E-state index < -0.39 is 0 Å². The van der Waals surface area contributed by atoms with Crippen LogP contribution < -0.4 is 5.32 Å². The summed E-state index contributed by atoms with van der Waals surface area (Å²) in [5.41, 5.74) is 2.22. The lowest BCUT2D eigenvalue weighted by molar-refractivity contribution is 0.834. The van der Waals surface area contributed by atoms with Crippen LogP contribution in [0.1, 0.15) is 19.8 Å². The van der Waals surface area contributed by atoms with Gasteiger partial charge in [-0.1, -0.05) is 25.5 Å². The minimum absolute atomic E-state index is 0.893. The third-order valence-electron chi connectivity index (χ3n) is 2.73. The Balaban J connectivity index is 2.25. The number of aromatic nitrogens is 3. The SMILES string of the molecule is CCCCNc1ccccc1-c1nncn1C. The minimum atomic E-state index is 0.893. The number of hydrogen-bond donors (Lipinski definition) is 1. The smallest absolute Gasteiger partial charge is 0.165 e. The number of unbranched alkanes of at least 4 members (excludes halogenated alkanes) is 1. The summed E-state index contributed by atoms with van der Waals surface area (Å²) in [5.74, 6) is 0.893. The van der Waals surface area contributed by atoms with E-state index in [1.54, 1.807) is 6.33 Å². The Hall–Kier alpha value is -1.84. The number of hydrogen-bond acceptors (Lipinski definition) is 3. The van der Waals surface area contributed by atoms with E-state index in [0.29, 0.717) is 0 Å². The zero-order valence-electron chi connectivity index (χ0n) is 10.3. The Morgan fingerprint density at radius 1 is 1.29 bits per heavy atom. The fourth-order valence-corrected chi connectivity index (χ4v) is 1.76. The van der Waals surface area contributed by atoms with E-state index in [4.69, 9.17) is 0 Å². The molecule has 1 aromatic carbocycles. The molecule has 1 aromatic heterocycles. The van der Waals surface area contributed by atoms with Gasteiger partial charge in [0.1, 0.15) is 6.33 Å². The van der Waals surface area contributed by atoms with Crippen LogP contribution in [0.3, 0.4) is 0 Å². The van der Waals surface area contributed by atoms with Crippen molar-refractivity contribution in [3.8, 4) is 11.4 Å². The lowest BCUT2D eigenvalue weighted by atomic mass is 10.1. The lowest BCUT2D eigenvalue weighted by Crippen LogP contribution is -2.03. The highest BCUT2D eigenvalue weighted by Crippen LogP contribution is 2.25. The Morgan fingerprint density at radius 2 is 2.12 bits per heavy atom. The molecule has 17 heavy (non-hydrogen) atoms. The number of rotatable bonds is 5. The number of para-hydroxylation sites is 1. The first-order valence-corrected chi connectivity index (χ1v) is 6.00. The van der Waals surface area contributed by atoms with Crippen LogP contribution >= 0.6 is 0 Å². The first-order chi connectivity index (χ1) is 8.33. The van der Waals surface area contributed by atoms with E-state index in [9.17, 15) is 0 Å². The van der Waals surface area contributed by atoms with Crippen molar-refractivity contribution in [1.82, 2.24) is 14.8 Å². The number of benzene rings is 1. The van der Waals surface area contributed by atoms with E-state index >= 15 is 0 Å². The van der Waals surface area contributed by atoms with Gasteiger partial charge in [-0.15, -0.1) is 10.2 Å². The monoisotopic (exact) mass is 230 g/mol. The highest BCUT2D eigenvalue weighted by atomic mass is 15.2. The molecule has 1 N–H and O–H groups in total. The molecule has 0 fully saturated rings. The molecule has 2 rings (SSSR count). The molecule has 1 heterocycles. The van der Waals surface area contributed by atoms with Gasteiger partial charge in [-0.05, 0) is 18.6 Å². The molecule has 4 heteroatoms. The third kappa shape index (κ3) is 2.64. The number of nitrogens with zero attached hydrogens (tertiary/aromatic N) is 3. The number of nitrogens with one attached hydrogen (secondary N) is 1. The largest absolute Gasteiger partial charge is 0.384 e. The molecular formula is C13H18N4. The fraction of sp³-hybridized carbons (Fsp3) is 0.385. The molecule has 0 saturated carbocycles. The van der Waals surface area contributed by atoms with Gasteiger partial charge >= 0.3 is 0 Å². The van der Waals surface area contributed by atoms with Crippen molar-refractivity contribution in [3.05, 3.63) is 30.6 Å². The van der Waals surface area contributed by atoms with Crippen molar-refractivity contribution in [2.24, 2.45) is 7.05 Å². The normalized spacial score (nSPS) is 10.5. The third-order valence-corrected chi connectivity index (χ3v) is 2.73. The van der Waals surface area contributed by atoms with Crippen LogP contribution in [0.15, 0.2) is 30.6 Å². The van der Waals surface area contributed by atoms with Crippen molar-refractivity contribution < 1.29 is 0 Å². The predicted octanol–water partition coefficient (Wildman–Crippen LogP) is 2.69. The molecule has 0 radical (unpaired) electrons. The molecule has 0 bridgehead atoms. The van der Waals surface area contributed by atoms with Gasteiger partial charge in [0.2, 0.25) is 0 Å². The van der Waals surface area contributed by atoms with E-state index in [1.165, 1.54) is 12.8 Å². The molecule has 0 aliphatic heterocycles. The Morgan fingerprint density at radius 3 is 2.82 bits per heavy atom. The molecule has 0 spiro atoms. The summed E-state index contributed by atoms with van der Waals surface area (Å²) in [5, 5.41) is 11.5. The number of aryl methyl sites for hydroxylation is 1. The maximum Gasteiger partial charge on any atom is 0.165 e. The number of anilines is 1. The molecule has 2 aromatic rings. The average molecular weight is 230 g/mol. The van der Waals surface area contributed by atoms with E-state index in [0.717, 1.165) is 23.6 Å². The van der Waals surface area contributed by atoms with Crippen molar-refractivity contribution in [3.63, 3.8) is 0 Å². The van der Waals surface area contributed by atoms with Crippen molar-refractivity contribution in [2.45, 2.75) is 19.8 Å². The van der Waals surface area contributed by atoms with Gasteiger partial charge in [-0.3, -0.25) is 0 Å². The molecule has 0 aliphatic rings. The van der Waals surface area contributed by atoms with Crippen molar-refractivity contribution in [1.29, 1.82) is 0 Å². The molecule has 0 aliphatic carbocycles. The maximum absolute atomic E-state index is 4.15. The van der Waals surface area contributed by atoms with Gasteiger partial charge in [0.05, 0.1) is 0 Å². The van der Waals surface area contributed by atoms with Crippen LogP contribution in [-0.4, -0.2) is 21.3 Å². The Labute approximate surface area is 102 Å². The second kappa shape index (κ2) is 5.48. The van der Waals surface area contributed by atoms with Crippen LogP contribution in [0.5, 0.6) is 0 Å². The minimum Gasteiger partial charge on any atom is -0.384 e. The molecular weight excluding hydrogens is 212 g/mol. The first kappa shape index (κ1) is 11.6. The summed E-state index contributed by atoms with van der Waals surface area (Å²) in [7, 11) is 1.96. The summed E-state index contributed by atoms with van der Waals surface area (Å²) in [6.45, 7) is 3.18. The van der Waals surface area contributed by atoms with E-state index in [1.807, 2.05) is 23.7 Å². The zero-order valence-corrected chi connectivity index (χ0v) is 10.3. The predicted molar refractivity (Wildman–Crippen MR) is 69.8 cm³/mol.